The molecule has 1 saturated heterocycles. The topological polar surface area (TPSA) is 73.3 Å². The SMILES string of the molecule is Cc1nc2c(c(NCC3(CO)CCC3)n1)CCN(C1CCCNC1)CC2. The van der Waals surface area contributed by atoms with E-state index >= 15 is 0 Å². The lowest BCUT2D eigenvalue weighted by Gasteiger charge is -2.40. The third-order valence-electron chi connectivity index (χ3n) is 6.66. The Morgan fingerprint density at radius 1 is 1.23 bits per heavy atom. The highest BCUT2D eigenvalue weighted by Crippen LogP contribution is 2.40. The summed E-state index contributed by atoms with van der Waals surface area (Å²) >= 11 is 0. The first kappa shape index (κ1) is 18.1. The molecule has 144 valence electrons. The largest absolute Gasteiger partial charge is 0.396 e. The van der Waals surface area contributed by atoms with Crippen LogP contribution >= 0.6 is 0 Å². The molecule has 1 aliphatic carbocycles. The summed E-state index contributed by atoms with van der Waals surface area (Å²) in [6, 6.07) is 0.663. The maximum atomic E-state index is 9.75. The second-order valence-corrected chi connectivity index (χ2v) is 8.45. The molecule has 6 nitrogen and oxygen atoms in total. The number of piperidine rings is 1. The van der Waals surface area contributed by atoms with E-state index in [-0.39, 0.29) is 12.0 Å². The maximum Gasteiger partial charge on any atom is 0.133 e. The molecule has 26 heavy (non-hydrogen) atoms. The van der Waals surface area contributed by atoms with Crippen molar-refractivity contribution >= 4 is 5.82 Å². The molecule has 3 N–H and O–H groups in total. The molecule has 2 aliphatic heterocycles. The normalized spacial score (nSPS) is 25.8. The first-order valence-electron chi connectivity index (χ1n) is 10.3. The number of aliphatic hydroxyl groups excluding tert-OH is 1. The number of hydrogen-bond donors (Lipinski definition) is 3. The maximum absolute atomic E-state index is 9.75. The Morgan fingerprint density at radius 2 is 2.08 bits per heavy atom. The van der Waals surface area contributed by atoms with Crippen molar-refractivity contribution in [1.82, 2.24) is 20.2 Å². The predicted octanol–water partition coefficient (Wildman–Crippen LogP) is 1.51. The van der Waals surface area contributed by atoms with Crippen molar-refractivity contribution < 1.29 is 5.11 Å². The van der Waals surface area contributed by atoms with Gasteiger partial charge in [0.15, 0.2) is 0 Å². The van der Waals surface area contributed by atoms with Crippen LogP contribution in [0.2, 0.25) is 0 Å². The highest BCUT2D eigenvalue weighted by molar-refractivity contribution is 5.48. The Kier molecular flexibility index (Phi) is 5.43. The lowest BCUT2D eigenvalue weighted by atomic mass is 9.69. The Hall–Kier alpha value is -1.24. The summed E-state index contributed by atoms with van der Waals surface area (Å²) in [6.45, 7) is 7.55. The van der Waals surface area contributed by atoms with Gasteiger partial charge in [-0.2, -0.15) is 0 Å². The van der Waals surface area contributed by atoms with E-state index in [1.165, 1.54) is 30.5 Å². The summed E-state index contributed by atoms with van der Waals surface area (Å²) in [6.07, 6.45) is 8.07. The predicted molar refractivity (Wildman–Crippen MR) is 104 cm³/mol. The van der Waals surface area contributed by atoms with Crippen molar-refractivity contribution in [2.75, 3.05) is 44.6 Å². The van der Waals surface area contributed by atoms with E-state index < -0.39 is 0 Å². The molecule has 1 unspecified atom stereocenters. The van der Waals surface area contributed by atoms with Crippen LogP contribution in [0.25, 0.3) is 0 Å². The van der Waals surface area contributed by atoms with Crippen LogP contribution in [-0.4, -0.2) is 65.3 Å². The van der Waals surface area contributed by atoms with Gasteiger partial charge in [-0.05, 0) is 45.6 Å². The van der Waals surface area contributed by atoms with Gasteiger partial charge in [-0.15, -0.1) is 0 Å². The summed E-state index contributed by atoms with van der Waals surface area (Å²) in [7, 11) is 0. The first-order chi connectivity index (χ1) is 12.7. The Morgan fingerprint density at radius 3 is 2.77 bits per heavy atom. The van der Waals surface area contributed by atoms with Crippen LogP contribution in [0.15, 0.2) is 0 Å². The van der Waals surface area contributed by atoms with Crippen molar-refractivity contribution in [3.05, 3.63) is 17.1 Å². The molecule has 4 rings (SSSR count). The van der Waals surface area contributed by atoms with E-state index in [4.69, 9.17) is 9.97 Å². The third-order valence-corrected chi connectivity index (χ3v) is 6.66. The fourth-order valence-electron chi connectivity index (χ4n) is 4.74. The Bertz CT molecular complexity index is 619. The summed E-state index contributed by atoms with van der Waals surface area (Å²) < 4.78 is 0. The van der Waals surface area contributed by atoms with Gasteiger partial charge >= 0.3 is 0 Å². The molecule has 2 fully saturated rings. The molecular formula is C20H33N5O. The van der Waals surface area contributed by atoms with Crippen molar-refractivity contribution in [3.63, 3.8) is 0 Å². The van der Waals surface area contributed by atoms with E-state index in [1.807, 2.05) is 6.92 Å². The fourth-order valence-corrected chi connectivity index (χ4v) is 4.74. The number of nitrogens with one attached hydrogen (secondary N) is 2. The minimum absolute atomic E-state index is 0.0657. The van der Waals surface area contributed by atoms with Crippen molar-refractivity contribution in [1.29, 1.82) is 0 Å². The average molecular weight is 360 g/mol. The van der Waals surface area contributed by atoms with Gasteiger partial charge < -0.3 is 15.7 Å². The van der Waals surface area contributed by atoms with Crippen molar-refractivity contribution in [2.45, 2.75) is 57.9 Å². The smallest absolute Gasteiger partial charge is 0.133 e. The molecule has 1 aromatic heterocycles. The van der Waals surface area contributed by atoms with Gasteiger partial charge in [0.2, 0.25) is 0 Å². The monoisotopic (exact) mass is 359 g/mol. The zero-order chi connectivity index (χ0) is 18.0. The van der Waals surface area contributed by atoms with Gasteiger partial charge in [-0.25, -0.2) is 9.97 Å². The van der Waals surface area contributed by atoms with Gasteiger partial charge in [0.05, 0.1) is 12.3 Å². The quantitative estimate of drug-likeness (QED) is 0.740. The summed E-state index contributed by atoms with van der Waals surface area (Å²) in [5.74, 6) is 1.86. The van der Waals surface area contributed by atoms with Crippen LogP contribution in [-0.2, 0) is 12.8 Å². The minimum Gasteiger partial charge on any atom is -0.396 e. The number of aryl methyl sites for hydroxylation is 1. The van der Waals surface area contributed by atoms with Crippen LogP contribution < -0.4 is 10.6 Å². The molecule has 3 aliphatic rings. The first-order valence-corrected chi connectivity index (χ1v) is 10.3. The second kappa shape index (κ2) is 7.79. The number of hydrogen-bond acceptors (Lipinski definition) is 6. The molecule has 1 aromatic rings. The lowest BCUT2D eigenvalue weighted by Crippen LogP contribution is -2.46. The second-order valence-electron chi connectivity index (χ2n) is 8.45. The van der Waals surface area contributed by atoms with E-state index in [1.54, 1.807) is 0 Å². The summed E-state index contributed by atoms with van der Waals surface area (Å²) in [4.78, 5) is 12.1. The van der Waals surface area contributed by atoms with Crippen LogP contribution in [0.3, 0.4) is 0 Å². The molecular weight excluding hydrogens is 326 g/mol. The molecule has 0 bridgehead atoms. The minimum atomic E-state index is 0.0657. The van der Waals surface area contributed by atoms with Crippen LogP contribution in [0.1, 0.15) is 49.2 Å². The molecule has 1 saturated carbocycles. The molecule has 6 heteroatoms. The zero-order valence-corrected chi connectivity index (χ0v) is 16.1. The van der Waals surface area contributed by atoms with Crippen LogP contribution in [0, 0.1) is 12.3 Å². The lowest BCUT2D eigenvalue weighted by molar-refractivity contribution is 0.0575. The Balaban J connectivity index is 1.47. The van der Waals surface area contributed by atoms with Gasteiger partial charge in [0.25, 0.3) is 0 Å². The average Bonchev–Trinajstić information content (AvgIpc) is 2.84. The van der Waals surface area contributed by atoms with E-state index in [2.05, 4.69) is 15.5 Å². The van der Waals surface area contributed by atoms with E-state index in [0.29, 0.717) is 6.04 Å². The number of rotatable bonds is 5. The van der Waals surface area contributed by atoms with Gasteiger partial charge in [-0.1, -0.05) is 6.42 Å². The fraction of sp³-hybridized carbons (Fsp3) is 0.800. The molecule has 0 aromatic carbocycles. The third kappa shape index (κ3) is 3.73. The zero-order valence-electron chi connectivity index (χ0n) is 16.1. The van der Waals surface area contributed by atoms with E-state index in [0.717, 1.165) is 70.0 Å². The van der Waals surface area contributed by atoms with Crippen molar-refractivity contribution in [2.24, 2.45) is 5.41 Å². The van der Waals surface area contributed by atoms with Crippen LogP contribution in [0.4, 0.5) is 5.82 Å². The highest BCUT2D eigenvalue weighted by Gasteiger charge is 2.36. The van der Waals surface area contributed by atoms with Crippen molar-refractivity contribution in [3.8, 4) is 0 Å². The molecule has 0 radical (unpaired) electrons. The van der Waals surface area contributed by atoms with Gasteiger partial charge in [0, 0.05) is 49.6 Å². The molecule has 0 amide bonds. The number of aliphatic hydroxyl groups is 1. The standard InChI is InChI=1S/C20H33N5O/c1-15-23-18-6-11-25(16-4-2-9-21-12-16)10-5-17(18)19(24-15)22-13-20(14-26)7-3-8-20/h16,21,26H,2-14H2,1H3,(H,22,23,24). The van der Waals surface area contributed by atoms with Gasteiger partial charge in [0.1, 0.15) is 11.6 Å². The number of fused-ring (bicyclic) bond motifs is 1. The number of anilines is 1. The number of nitrogens with zero attached hydrogens (tertiary/aromatic N) is 3. The molecule has 3 heterocycles. The summed E-state index contributed by atoms with van der Waals surface area (Å²) in [5.41, 5.74) is 2.59. The van der Waals surface area contributed by atoms with Gasteiger partial charge in [-0.3, -0.25) is 4.90 Å². The highest BCUT2D eigenvalue weighted by atomic mass is 16.3. The molecule has 0 spiro atoms. The summed E-state index contributed by atoms with van der Waals surface area (Å²) in [5, 5.41) is 16.9. The number of aromatic nitrogens is 2. The molecule has 1 atom stereocenters. The van der Waals surface area contributed by atoms with E-state index in [9.17, 15) is 5.11 Å². The van der Waals surface area contributed by atoms with Crippen LogP contribution in [0.5, 0.6) is 0 Å². The Labute approximate surface area is 156 Å².